The van der Waals surface area contributed by atoms with Crippen LogP contribution in [0.25, 0.3) is 21.3 Å². The molecule has 2 N–H and O–H groups in total. The van der Waals surface area contributed by atoms with E-state index in [1.807, 2.05) is 30.3 Å². The van der Waals surface area contributed by atoms with Crippen molar-refractivity contribution in [3.8, 4) is 16.9 Å². The third kappa shape index (κ3) is 3.52. The zero-order chi connectivity index (χ0) is 19.5. The highest BCUT2D eigenvalue weighted by Gasteiger charge is 2.14. The Labute approximate surface area is 166 Å². The molecular formula is C21H18N4O2S. The summed E-state index contributed by atoms with van der Waals surface area (Å²) in [4.78, 5) is 21.3. The maximum absolute atomic E-state index is 11.5. The molecule has 6 nitrogen and oxygen atoms in total. The minimum absolute atomic E-state index is 0.163. The Hall–Kier alpha value is -3.45. The molecule has 7 heteroatoms. The Morgan fingerprint density at radius 2 is 1.93 bits per heavy atom. The van der Waals surface area contributed by atoms with Gasteiger partial charge in [0.2, 0.25) is 5.91 Å². The average Bonchev–Trinajstić information content (AvgIpc) is 3.14. The lowest BCUT2D eigenvalue weighted by atomic mass is 10.1. The SMILES string of the molecule is COc1ccc(Nc2ncnc3scc(-c4ccccc4)c23)cc1NC(C)=O. The minimum Gasteiger partial charge on any atom is -0.495 e. The van der Waals surface area contributed by atoms with Crippen LogP contribution >= 0.6 is 11.3 Å². The molecule has 4 rings (SSSR count). The van der Waals surface area contributed by atoms with Crippen molar-refractivity contribution >= 4 is 44.7 Å². The zero-order valence-corrected chi connectivity index (χ0v) is 16.2. The van der Waals surface area contributed by atoms with Gasteiger partial charge in [-0.05, 0) is 23.8 Å². The van der Waals surface area contributed by atoms with Gasteiger partial charge in [0.05, 0.1) is 18.2 Å². The van der Waals surface area contributed by atoms with Gasteiger partial charge in [-0.3, -0.25) is 4.79 Å². The fourth-order valence-electron chi connectivity index (χ4n) is 3.01. The molecule has 0 saturated carbocycles. The van der Waals surface area contributed by atoms with Crippen LogP contribution in [0.3, 0.4) is 0 Å². The van der Waals surface area contributed by atoms with Crippen LogP contribution in [0.15, 0.2) is 60.2 Å². The van der Waals surface area contributed by atoms with Crippen molar-refractivity contribution < 1.29 is 9.53 Å². The number of nitrogens with zero attached hydrogens (tertiary/aromatic N) is 2. The summed E-state index contributed by atoms with van der Waals surface area (Å²) < 4.78 is 5.32. The van der Waals surface area contributed by atoms with Crippen LogP contribution in [0.5, 0.6) is 5.75 Å². The first-order valence-electron chi connectivity index (χ1n) is 8.66. The highest BCUT2D eigenvalue weighted by molar-refractivity contribution is 7.17. The standard InChI is InChI=1S/C21H18N4O2S/c1-13(26)24-17-10-15(8-9-18(17)27-2)25-20-19-16(14-6-4-3-5-7-14)11-28-21(19)23-12-22-20/h3-12H,1-2H3,(H,24,26)(H,22,23,25). The van der Waals surface area contributed by atoms with Crippen molar-refractivity contribution in [3.05, 3.63) is 60.2 Å². The summed E-state index contributed by atoms with van der Waals surface area (Å²) in [6.07, 6.45) is 1.55. The summed E-state index contributed by atoms with van der Waals surface area (Å²) in [7, 11) is 1.57. The van der Waals surface area contributed by atoms with E-state index in [2.05, 4.69) is 38.1 Å². The van der Waals surface area contributed by atoms with Gasteiger partial charge in [-0.25, -0.2) is 9.97 Å². The number of aromatic nitrogens is 2. The van der Waals surface area contributed by atoms with Crippen LogP contribution in [0, 0.1) is 0 Å². The van der Waals surface area contributed by atoms with Crippen LogP contribution in [-0.4, -0.2) is 23.0 Å². The van der Waals surface area contributed by atoms with E-state index in [4.69, 9.17) is 4.74 Å². The quantitative estimate of drug-likeness (QED) is 0.498. The van der Waals surface area contributed by atoms with Crippen LogP contribution in [0.4, 0.5) is 17.2 Å². The molecule has 0 saturated heterocycles. The molecule has 28 heavy (non-hydrogen) atoms. The predicted molar refractivity (Wildman–Crippen MR) is 113 cm³/mol. The first-order valence-corrected chi connectivity index (χ1v) is 9.54. The van der Waals surface area contributed by atoms with Gasteiger partial charge in [-0.2, -0.15) is 0 Å². The summed E-state index contributed by atoms with van der Waals surface area (Å²) in [5, 5.41) is 9.20. The number of rotatable bonds is 5. The highest BCUT2D eigenvalue weighted by atomic mass is 32.1. The van der Waals surface area contributed by atoms with Gasteiger partial charge in [0.15, 0.2) is 0 Å². The molecule has 4 aromatic rings. The number of nitrogens with one attached hydrogen (secondary N) is 2. The summed E-state index contributed by atoms with van der Waals surface area (Å²) in [6, 6.07) is 15.7. The maximum atomic E-state index is 11.5. The highest BCUT2D eigenvalue weighted by Crippen LogP contribution is 2.38. The van der Waals surface area contributed by atoms with Crippen molar-refractivity contribution in [1.29, 1.82) is 0 Å². The lowest BCUT2D eigenvalue weighted by molar-refractivity contribution is -0.114. The predicted octanol–water partition coefficient (Wildman–Crippen LogP) is 5.07. The molecule has 0 aliphatic rings. The van der Waals surface area contributed by atoms with Gasteiger partial charge in [-0.15, -0.1) is 11.3 Å². The number of anilines is 3. The Kier molecular flexibility index (Phi) is 4.90. The molecule has 2 aromatic heterocycles. The summed E-state index contributed by atoms with van der Waals surface area (Å²) in [6.45, 7) is 1.46. The van der Waals surface area contributed by atoms with Crippen LogP contribution in [0.1, 0.15) is 6.92 Å². The molecule has 0 bridgehead atoms. The van der Waals surface area contributed by atoms with Gasteiger partial charge < -0.3 is 15.4 Å². The van der Waals surface area contributed by atoms with Crippen molar-refractivity contribution in [2.75, 3.05) is 17.7 Å². The summed E-state index contributed by atoms with van der Waals surface area (Å²) >= 11 is 1.58. The minimum atomic E-state index is -0.163. The number of benzene rings is 2. The molecular weight excluding hydrogens is 372 g/mol. The molecule has 0 atom stereocenters. The Morgan fingerprint density at radius 1 is 1.11 bits per heavy atom. The summed E-state index contributed by atoms with van der Waals surface area (Å²) in [5.74, 6) is 1.14. The van der Waals surface area contributed by atoms with E-state index in [1.54, 1.807) is 30.8 Å². The third-order valence-corrected chi connectivity index (χ3v) is 5.11. The average molecular weight is 390 g/mol. The van der Waals surface area contributed by atoms with Gasteiger partial charge in [0, 0.05) is 23.6 Å². The number of hydrogen-bond donors (Lipinski definition) is 2. The van der Waals surface area contributed by atoms with E-state index in [1.165, 1.54) is 6.92 Å². The number of carbonyl (C=O) groups is 1. The number of hydrogen-bond acceptors (Lipinski definition) is 6. The van der Waals surface area contributed by atoms with Crippen LogP contribution < -0.4 is 15.4 Å². The smallest absolute Gasteiger partial charge is 0.221 e. The second-order valence-electron chi connectivity index (χ2n) is 6.14. The molecule has 0 aliphatic heterocycles. The first kappa shape index (κ1) is 17.9. The Morgan fingerprint density at radius 3 is 2.68 bits per heavy atom. The molecule has 0 fully saturated rings. The van der Waals surface area contributed by atoms with Crippen molar-refractivity contribution in [1.82, 2.24) is 9.97 Å². The lowest BCUT2D eigenvalue weighted by Crippen LogP contribution is -2.07. The number of amides is 1. The monoisotopic (exact) mass is 390 g/mol. The maximum Gasteiger partial charge on any atom is 0.221 e. The Bertz CT molecular complexity index is 1140. The summed E-state index contributed by atoms with van der Waals surface area (Å²) in [5.41, 5.74) is 3.58. The van der Waals surface area contributed by atoms with E-state index in [0.717, 1.165) is 27.0 Å². The number of fused-ring (bicyclic) bond motifs is 1. The van der Waals surface area contributed by atoms with Gasteiger partial charge in [-0.1, -0.05) is 30.3 Å². The van der Waals surface area contributed by atoms with Gasteiger partial charge in [0.25, 0.3) is 0 Å². The van der Waals surface area contributed by atoms with Crippen LogP contribution in [0.2, 0.25) is 0 Å². The molecule has 1 amide bonds. The van der Waals surface area contributed by atoms with Gasteiger partial charge >= 0.3 is 0 Å². The number of carbonyl (C=O) groups excluding carboxylic acids is 1. The molecule has 2 heterocycles. The topological polar surface area (TPSA) is 76.1 Å². The number of methoxy groups -OCH3 is 1. The van der Waals surface area contributed by atoms with E-state index in [-0.39, 0.29) is 5.91 Å². The fourth-order valence-corrected chi connectivity index (χ4v) is 3.93. The zero-order valence-electron chi connectivity index (χ0n) is 15.4. The molecule has 2 aromatic carbocycles. The molecule has 0 unspecified atom stereocenters. The normalized spacial score (nSPS) is 10.6. The largest absolute Gasteiger partial charge is 0.495 e. The van der Waals surface area contributed by atoms with E-state index in [9.17, 15) is 4.79 Å². The van der Waals surface area contributed by atoms with Crippen molar-refractivity contribution in [3.63, 3.8) is 0 Å². The fraction of sp³-hybridized carbons (Fsp3) is 0.0952. The molecule has 0 radical (unpaired) electrons. The molecule has 140 valence electrons. The molecule has 0 aliphatic carbocycles. The first-order chi connectivity index (χ1) is 13.7. The van der Waals surface area contributed by atoms with Gasteiger partial charge in [0.1, 0.15) is 22.7 Å². The Balaban J connectivity index is 1.76. The van der Waals surface area contributed by atoms with Crippen LogP contribution in [-0.2, 0) is 4.79 Å². The van der Waals surface area contributed by atoms with Crippen molar-refractivity contribution in [2.24, 2.45) is 0 Å². The van der Waals surface area contributed by atoms with E-state index >= 15 is 0 Å². The van der Waals surface area contributed by atoms with Crippen molar-refractivity contribution in [2.45, 2.75) is 6.92 Å². The second-order valence-corrected chi connectivity index (χ2v) is 7.00. The third-order valence-electron chi connectivity index (χ3n) is 4.23. The second kappa shape index (κ2) is 7.66. The molecule has 0 spiro atoms. The number of ether oxygens (including phenoxy) is 1. The van der Waals surface area contributed by atoms with E-state index in [0.29, 0.717) is 17.3 Å². The van der Waals surface area contributed by atoms with E-state index < -0.39 is 0 Å². The lowest BCUT2D eigenvalue weighted by Gasteiger charge is -2.13. The number of thiophene rings is 1.